The van der Waals surface area contributed by atoms with Gasteiger partial charge < -0.3 is 25.0 Å². The lowest BCUT2D eigenvalue weighted by atomic mass is 9.79. The van der Waals surface area contributed by atoms with Crippen LogP contribution in [0.15, 0.2) is 34.3 Å². The molecule has 8 heteroatoms. The van der Waals surface area contributed by atoms with E-state index >= 15 is 0 Å². The van der Waals surface area contributed by atoms with Crippen LogP contribution in [0.3, 0.4) is 0 Å². The van der Waals surface area contributed by atoms with E-state index in [0.717, 1.165) is 47.9 Å². The molecule has 0 saturated carbocycles. The number of hydrogen-bond acceptors (Lipinski definition) is 7. The van der Waals surface area contributed by atoms with E-state index in [9.17, 15) is 15.0 Å². The van der Waals surface area contributed by atoms with Gasteiger partial charge in [0, 0.05) is 54.4 Å². The lowest BCUT2D eigenvalue weighted by molar-refractivity contribution is 0.108. The van der Waals surface area contributed by atoms with Crippen LogP contribution in [-0.4, -0.2) is 77.1 Å². The van der Waals surface area contributed by atoms with Gasteiger partial charge in [0.15, 0.2) is 0 Å². The summed E-state index contributed by atoms with van der Waals surface area (Å²) in [7, 11) is 0. The second kappa shape index (κ2) is 15.7. The molecule has 3 rings (SSSR count). The number of benzene rings is 2. The molecule has 0 radical (unpaired) electrons. The average Bonchev–Trinajstić information content (AvgIpc) is 3.38. The van der Waals surface area contributed by atoms with Crippen LogP contribution in [-0.2, 0) is 26.4 Å². The minimum absolute atomic E-state index is 0.134. The van der Waals surface area contributed by atoms with Crippen LogP contribution >= 0.6 is 0 Å². The first-order valence-corrected chi connectivity index (χ1v) is 17.9. The van der Waals surface area contributed by atoms with Crippen LogP contribution < -0.4 is 0 Å². The smallest absolute Gasteiger partial charge is 0.409 e. The normalized spacial score (nSPS) is 17.9. The molecule has 3 N–H and O–H groups in total. The summed E-state index contributed by atoms with van der Waals surface area (Å²) in [5.41, 5.74) is 4.37. The number of aliphatic hydroxyl groups excluding tert-OH is 1. The van der Waals surface area contributed by atoms with Crippen LogP contribution in [0.5, 0.6) is 11.5 Å². The quantitative estimate of drug-likeness (QED) is 0.172. The predicted octanol–water partition coefficient (Wildman–Crippen LogP) is 8.57. The van der Waals surface area contributed by atoms with Crippen molar-refractivity contribution in [1.29, 1.82) is 0 Å². The van der Waals surface area contributed by atoms with Crippen LogP contribution in [0.25, 0.3) is 0 Å². The lowest BCUT2D eigenvalue weighted by Crippen LogP contribution is -2.30. The van der Waals surface area contributed by atoms with Crippen LogP contribution in [0.1, 0.15) is 142 Å². The fraction of sp³-hybridized carbons (Fsp3) is 0.634. The van der Waals surface area contributed by atoms with Crippen LogP contribution in [0.4, 0.5) is 4.79 Å². The average molecular weight is 678 g/mol. The number of aliphatic hydroxyl groups is 1. The summed E-state index contributed by atoms with van der Waals surface area (Å²) >= 11 is 0. The highest BCUT2D eigenvalue weighted by Gasteiger charge is 2.36. The Hall–Kier alpha value is -3.39. The molecule has 1 saturated heterocycles. The fourth-order valence-corrected chi connectivity index (χ4v) is 5.90. The maximum absolute atomic E-state index is 13.2. The van der Waals surface area contributed by atoms with Gasteiger partial charge in [-0.2, -0.15) is 0 Å². The maximum Gasteiger partial charge on any atom is 0.409 e. The van der Waals surface area contributed by atoms with E-state index in [-0.39, 0.29) is 51.8 Å². The summed E-state index contributed by atoms with van der Waals surface area (Å²) in [4.78, 5) is 24.7. The predicted molar refractivity (Wildman–Crippen MR) is 202 cm³/mol. The summed E-state index contributed by atoms with van der Waals surface area (Å²) in [6.07, 6.45) is 6.30. The van der Waals surface area contributed by atoms with Gasteiger partial charge in [-0.15, -0.1) is 0 Å². The Morgan fingerprint density at radius 1 is 0.694 bits per heavy atom. The van der Waals surface area contributed by atoms with Crippen molar-refractivity contribution in [2.75, 3.05) is 26.3 Å². The molecule has 1 heterocycles. The Kier molecular flexibility index (Phi) is 12.8. The highest BCUT2D eigenvalue weighted by molar-refractivity contribution is 5.86. The fourth-order valence-electron chi connectivity index (χ4n) is 5.90. The number of hydrogen-bond donors (Lipinski definition) is 3. The summed E-state index contributed by atoms with van der Waals surface area (Å²) in [5, 5.41) is 31.8. The second-order valence-corrected chi connectivity index (χ2v) is 17.8. The number of rotatable bonds is 10. The van der Waals surface area contributed by atoms with Crippen LogP contribution in [0.2, 0.25) is 0 Å². The standard InChI is InChI=1S/C41H63N3O5/c1-38(2,3)29-19-27(35(46)31(21-29)40(7,8)9)23-42-33-25-44(37(48)49-18-16-14-13-15-17-45)26-34(33)43-24-28-20-30(39(4,5)6)22-32(36(28)47)41(10,11)12/h19-24,33-34,45-47H,13-18,25-26H2,1-12H3/t33-,34-/m1/s1. The van der Waals surface area contributed by atoms with Gasteiger partial charge in [-0.1, -0.05) is 102 Å². The summed E-state index contributed by atoms with van der Waals surface area (Å²) in [5.74, 6) is 0.414. The number of nitrogens with zero attached hydrogens (tertiary/aromatic N) is 3. The van der Waals surface area contributed by atoms with E-state index in [1.807, 2.05) is 12.1 Å². The Morgan fingerprint density at radius 2 is 1.10 bits per heavy atom. The highest BCUT2D eigenvalue weighted by atomic mass is 16.6. The third-order valence-electron chi connectivity index (χ3n) is 9.23. The molecule has 2 aromatic carbocycles. The molecule has 1 aliphatic heterocycles. The zero-order valence-corrected chi connectivity index (χ0v) is 32.3. The van der Waals surface area contributed by atoms with Gasteiger partial charge in [0.05, 0.1) is 18.7 Å². The number of amides is 1. The molecular weight excluding hydrogens is 614 g/mol. The van der Waals surface area contributed by atoms with Crippen molar-refractivity contribution >= 4 is 18.5 Å². The highest BCUT2D eigenvalue weighted by Crippen LogP contribution is 2.39. The molecule has 49 heavy (non-hydrogen) atoms. The molecule has 2 aromatic rings. The molecule has 0 aliphatic carbocycles. The first kappa shape index (κ1) is 40.0. The SMILES string of the molecule is CC(C)(C)c1cc(C=N[C@@H]2CN(C(=O)OCCCCCCO)C[C@H]2N=Cc2cc(C(C)(C)C)cc(C(C)(C)C)c2O)c(O)c(C(C)(C)C)c1. The van der Waals surface area contributed by atoms with Gasteiger partial charge in [-0.05, 0) is 64.2 Å². The van der Waals surface area contributed by atoms with E-state index in [1.165, 1.54) is 0 Å². The number of likely N-dealkylation sites (tertiary alicyclic amines) is 1. The third kappa shape index (κ3) is 10.8. The first-order valence-electron chi connectivity index (χ1n) is 17.9. The number of aliphatic imine (C=N–C) groups is 2. The molecule has 0 bridgehead atoms. The number of phenols is 2. The molecule has 2 atom stereocenters. The summed E-state index contributed by atoms with van der Waals surface area (Å²) in [6, 6.07) is 7.38. The number of phenolic OH excluding ortho intramolecular Hbond substituents is 2. The Bertz CT molecular complexity index is 1400. The molecule has 272 valence electrons. The Morgan fingerprint density at radius 3 is 1.47 bits per heavy atom. The van der Waals surface area contributed by atoms with Gasteiger partial charge in [0.25, 0.3) is 0 Å². The largest absolute Gasteiger partial charge is 0.507 e. The van der Waals surface area contributed by atoms with Crippen molar-refractivity contribution in [3.05, 3.63) is 57.6 Å². The molecule has 0 spiro atoms. The van der Waals surface area contributed by atoms with Crippen molar-refractivity contribution in [2.24, 2.45) is 9.98 Å². The van der Waals surface area contributed by atoms with Crippen molar-refractivity contribution in [1.82, 2.24) is 4.90 Å². The van der Waals surface area contributed by atoms with Crippen molar-refractivity contribution in [2.45, 2.75) is 143 Å². The summed E-state index contributed by atoms with van der Waals surface area (Å²) in [6.45, 7) is 26.5. The number of aromatic hydroxyl groups is 2. The van der Waals surface area contributed by atoms with Crippen molar-refractivity contribution in [3.8, 4) is 11.5 Å². The minimum atomic E-state index is -0.403. The van der Waals surface area contributed by atoms with Crippen molar-refractivity contribution < 1.29 is 24.9 Å². The Labute approximate surface area is 295 Å². The van der Waals surface area contributed by atoms with Gasteiger partial charge >= 0.3 is 6.09 Å². The second-order valence-electron chi connectivity index (χ2n) is 17.8. The van der Waals surface area contributed by atoms with E-state index in [4.69, 9.17) is 19.8 Å². The van der Waals surface area contributed by atoms with E-state index < -0.39 is 6.09 Å². The maximum atomic E-state index is 13.2. The Balaban J connectivity index is 2.02. The van der Waals surface area contributed by atoms with Gasteiger partial charge in [-0.3, -0.25) is 9.98 Å². The molecule has 8 nitrogen and oxygen atoms in total. The number of unbranched alkanes of at least 4 members (excludes halogenated alkanes) is 3. The van der Waals surface area contributed by atoms with Gasteiger partial charge in [0.1, 0.15) is 11.5 Å². The first-order chi connectivity index (χ1) is 22.5. The van der Waals surface area contributed by atoms with Crippen molar-refractivity contribution in [3.63, 3.8) is 0 Å². The lowest BCUT2D eigenvalue weighted by Gasteiger charge is -2.27. The molecule has 0 unspecified atom stereocenters. The topological polar surface area (TPSA) is 115 Å². The zero-order valence-electron chi connectivity index (χ0n) is 32.3. The zero-order chi connectivity index (χ0) is 36.9. The summed E-state index contributed by atoms with van der Waals surface area (Å²) < 4.78 is 5.62. The van der Waals surface area contributed by atoms with E-state index in [1.54, 1.807) is 17.3 Å². The van der Waals surface area contributed by atoms with Gasteiger partial charge in [-0.25, -0.2) is 4.79 Å². The molecule has 1 fully saturated rings. The number of carbonyl (C=O) groups excluding carboxylic acids is 1. The molecule has 0 aromatic heterocycles. The molecule has 1 aliphatic rings. The van der Waals surface area contributed by atoms with E-state index in [2.05, 4.69) is 95.2 Å². The minimum Gasteiger partial charge on any atom is -0.507 e. The number of ether oxygens (including phenoxy) is 1. The monoisotopic (exact) mass is 677 g/mol. The molecular formula is C41H63N3O5. The van der Waals surface area contributed by atoms with Gasteiger partial charge in [0.2, 0.25) is 0 Å². The third-order valence-corrected chi connectivity index (χ3v) is 9.23. The van der Waals surface area contributed by atoms with E-state index in [0.29, 0.717) is 30.8 Å². The molecule has 1 amide bonds. The number of carbonyl (C=O) groups is 1. The van der Waals surface area contributed by atoms with Crippen LogP contribution in [0, 0.1) is 0 Å².